The number of hydrogen-bond acceptors (Lipinski definition) is 2. The molecule has 0 unspecified atom stereocenters. The van der Waals surface area contributed by atoms with Gasteiger partial charge in [0, 0.05) is 12.5 Å². The Balaban J connectivity index is 1.58. The van der Waals surface area contributed by atoms with Crippen LogP contribution in [0.25, 0.3) is 0 Å². The van der Waals surface area contributed by atoms with Crippen molar-refractivity contribution in [3.63, 3.8) is 0 Å². The molecule has 3 rings (SSSR count). The molecular formula is C24H35FO2. The molecule has 2 bridgehead atoms. The van der Waals surface area contributed by atoms with Crippen molar-refractivity contribution in [3.8, 4) is 5.75 Å². The standard InChI is InChI=1S/C24H35FO2/c1-2-3-4-5-6-10-13-24(26)27-20-16-21-19-12-9-7-8-11-18(14-19)15-22(21)23(25)17-20/h16-19H,2-15H2,1H3/t18-,19+/m1/s1. The Morgan fingerprint density at radius 3 is 2.70 bits per heavy atom. The number of unbranched alkanes of at least 4 members (excludes halogenated alkanes) is 5. The van der Waals surface area contributed by atoms with Gasteiger partial charge in [-0.15, -0.1) is 0 Å². The molecule has 1 aromatic carbocycles. The molecule has 2 aliphatic rings. The van der Waals surface area contributed by atoms with E-state index in [2.05, 4.69) is 6.92 Å². The first-order valence-electron chi connectivity index (χ1n) is 11.2. The van der Waals surface area contributed by atoms with Crippen LogP contribution in [-0.4, -0.2) is 5.97 Å². The van der Waals surface area contributed by atoms with Crippen LogP contribution >= 0.6 is 0 Å². The molecule has 2 nitrogen and oxygen atoms in total. The predicted octanol–water partition coefficient (Wildman–Crippen LogP) is 7.09. The van der Waals surface area contributed by atoms with E-state index in [1.54, 1.807) is 0 Å². The summed E-state index contributed by atoms with van der Waals surface area (Å²) >= 11 is 0. The molecule has 0 amide bonds. The number of halogens is 1. The number of rotatable bonds is 8. The monoisotopic (exact) mass is 374 g/mol. The lowest BCUT2D eigenvalue weighted by molar-refractivity contribution is -0.134. The number of carbonyl (C=O) groups is 1. The zero-order valence-electron chi connectivity index (χ0n) is 16.9. The van der Waals surface area contributed by atoms with Gasteiger partial charge in [0.1, 0.15) is 11.6 Å². The van der Waals surface area contributed by atoms with Gasteiger partial charge in [-0.2, -0.15) is 0 Å². The number of hydrogen-bond donors (Lipinski definition) is 0. The van der Waals surface area contributed by atoms with Gasteiger partial charge in [0.2, 0.25) is 0 Å². The Hall–Kier alpha value is -1.38. The second kappa shape index (κ2) is 10.2. The van der Waals surface area contributed by atoms with Crippen LogP contribution in [-0.2, 0) is 11.2 Å². The summed E-state index contributed by atoms with van der Waals surface area (Å²) in [5, 5.41) is 0. The number of carbonyl (C=O) groups excluding carboxylic acids is 1. The molecule has 1 aromatic rings. The van der Waals surface area contributed by atoms with E-state index >= 15 is 0 Å². The number of esters is 1. The Kier molecular flexibility index (Phi) is 7.72. The number of fused-ring (bicyclic) bond motifs is 4. The summed E-state index contributed by atoms with van der Waals surface area (Å²) in [6.45, 7) is 2.20. The smallest absolute Gasteiger partial charge is 0.311 e. The van der Waals surface area contributed by atoms with Crippen molar-refractivity contribution in [1.29, 1.82) is 0 Å². The highest BCUT2D eigenvalue weighted by atomic mass is 19.1. The average molecular weight is 375 g/mol. The molecule has 1 fully saturated rings. The van der Waals surface area contributed by atoms with Crippen molar-refractivity contribution < 1.29 is 13.9 Å². The van der Waals surface area contributed by atoms with Gasteiger partial charge in [0.25, 0.3) is 0 Å². The molecule has 150 valence electrons. The molecule has 3 heteroatoms. The molecule has 2 atom stereocenters. The molecule has 0 saturated heterocycles. The zero-order valence-corrected chi connectivity index (χ0v) is 16.9. The molecule has 0 N–H and O–H groups in total. The summed E-state index contributed by atoms with van der Waals surface area (Å²) in [4.78, 5) is 12.2. The molecule has 0 heterocycles. The van der Waals surface area contributed by atoms with Crippen LogP contribution in [0.5, 0.6) is 5.75 Å². The van der Waals surface area contributed by atoms with Gasteiger partial charge in [-0.1, -0.05) is 64.7 Å². The van der Waals surface area contributed by atoms with Gasteiger partial charge in [0.05, 0.1) is 0 Å². The minimum Gasteiger partial charge on any atom is -0.426 e. The Bertz CT molecular complexity index is 625. The zero-order chi connectivity index (χ0) is 19.1. The van der Waals surface area contributed by atoms with Crippen LogP contribution in [0.15, 0.2) is 12.1 Å². The van der Waals surface area contributed by atoms with Gasteiger partial charge in [-0.05, 0) is 54.7 Å². The van der Waals surface area contributed by atoms with Gasteiger partial charge in [-0.25, -0.2) is 4.39 Å². The molecule has 2 aliphatic carbocycles. The van der Waals surface area contributed by atoms with Crippen molar-refractivity contribution in [3.05, 3.63) is 29.1 Å². The highest BCUT2D eigenvalue weighted by Crippen LogP contribution is 2.43. The molecule has 0 spiro atoms. The minimum atomic E-state index is -0.226. The van der Waals surface area contributed by atoms with Crippen molar-refractivity contribution >= 4 is 5.97 Å². The third-order valence-electron chi connectivity index (χ3n) is 6.39. The third kappa shape index (κ3) is 5.80. The Morgan fingerprint density at radius 2 is 1.85 bits per heavy atom. The summed E-state index contributed by atoms with van der Waals surface area (Å²) < 4.78 is 20.3. The summed E-state index contributed by atoms with van der Waals surface area (Å²) in [5.74, 6) is 1.06. The maximum atomic E-state index is 14.8. The van der Waals surface area contributed by atoms with Gasteiger partial charge >= 0.3 is 5.97 Å². The SMILES string of the molecule is CCCCCCCCC(=O)Oc1cc(F)c2c(c1)[C@H]1CCCCC[C@@H](C2)C1. The lowest BCUT2D eigenvalue weighted by Gasteiger charge is -2.34. The van der Waals surface area contributed by atoms with E-state index in [4.69, 9.17) is 4.74 Å². The van der Waals surface area contributed by atoms with Gasteiger partial charge in [-0.3, -0.25) is 4.79 Å². The number of benzene rings is 1. The minimum absolute atomic E-state index is 0.176. The van der Waals surface area contributed by atoms with Crippen molar-refractivity contribution in [2.45, 2.75) is 103 Å². The van der Waals surface area contributed by atoms with Gasteiger partial charge in [0.15, 0.2) is 0 Å². The van der Waals surface area contributed by atoms with E-state index in [1.165, 1.54) is 63.9 Å². The largest absolute Gasteiger partial charge is 0.426 e. The molecule has 27 heavy (non-hydrogen) atoms. The van der Waals surface area contributed by atoms with Crippen LogP contribution in [0.4, 0.5) is 4.39 Å². The molecular weight excluding hydrogens is 339 g/mol. The van der Waals surface area contributed by atoms with E-state index in [0.29, 0.717) is 24.0 Å². The molecule has 0 radical (unpaired) electrons. The van der Waals surface area contributed by atoms with Crippen LogP contribution < -0.4 is 4.74 Å². The first kappa shape index (κ1) is 20.4. The molecule has 1 saturated carbocycles. The Labute approximate surface area is 163 Å². The third-order valence-corrected chi connectivity index (χ3v) is 6.39. The maximum Gasteiger partial charge on any atom is 0.311 e. The lowest BCUT2D eigenvalue weighted by atomic mass is 9.71. The van der Waals surface area contributed by atoms with Crippen LogP contribution in [0.2, 0.25) is 0 Å². The van der Waals surface area contributed by atoms with E-state index < -0.39 is 0 Å². The van der Waals surface area contributed by atoms with E-state index in [1.807, 2.05) is 6.07 Å². The summed E-state index contributed by atoms with van der Waals surface area (Å²) in [6.07, 6.45) is 15.4. The van der Waals surface area contributed by atoms with E-state index in [-0.39, 0.29) is 11.8 Å². The normalized spacial score (nSPS) is 21.9. The highest BCUT2D eigenvalue weighted by molar-refractivity contribution is 5.72. The highest BCUT2D eigenvalue weighted by Gasteiger charge is 2.30. The van der Waals surface area contributed by atoms with Crippen molar-refractivity contribution in [2.75, 3.05) is 0 Å². The fraction of sp³-hybridized carbons (Fsp3) is 0.708. The average Bonchev–Trinajstić information content (AvgIpc) is 2.63. The quantitative estimate of drug-likeness (QED) is 0.276. The lowest BCUT2D eigenvalue weighted by Crippen LogP contribution is -2.22. The van der Waals surface area contributed by atoms with Crippen LogP contribution in [0, 0.1) is 11.7 Å². The number of ether oxygens (including phenoxy) is 1. The summed E-state index contributed by atoms with van der Waals surface area (Å²) in [7, 11) is 0. The van der Waals surface area contributed by atoms with E-state index in [9.17, 15) is 9.18 Å². The van der Waals surface area contributed by atoms with Crippen LogP contribution in [0.1, 0.15) is 107 Å². The summed E-state index contributed by atoms with van der Waals surface area (Å²) in [6, 6.07) is 3.39. The fourth-order valence-corrected chi connectivity index (χ4v) is 4.90. The summed E-state index contributed by atoms with van der Waals surface area (Å²) in [5.41, 5.74) is 1.99. The molecule has 0 aliphatic heterocycles. The molecule has 0 aromatic heterocycles. The van der Waals surface area contributed by atoms with Gasteiger partial charge < -0.3 is 4.74 Å². The maximum absolute atomic E-state index is 14.8. The van der Waals surface area contributed by atoms with Crippen molar-refractivity contribution in [1.82, 2.24) is 0 Å². The fourth-order valence-electron chi connectivity index (χ4n) is 4.90. The van der Waals surface area contributed by atoms with Crippen molar-refractivity contribution in [2.24, 2.45) is 5.92 Å². The first-order valence-corrected chi connectivity index (χ1v) is 11.2. The predicted molar refractivity (Wildman–Crippen MR) is 108 cm³/mol. The second-order valence-corrected chi connectivity index (χ2v) is 8.61. The Morgan fingerprint density at radius 1 is 1.07 bits per heavy atom. The topological polar surface area (TPSA) is 26.3 Å². The first-order chi connectivity index (χ1) is 13.2. The van der Waals surface area contributed by atoms with E-state index in [0.717, 1.165) is 36.8 Å². The second-order valence-electron chi connectivity index (χ2n) is 8.61. The van der Waals surface area contributed by atoms with Crippen LogP contribution in [0.3, 0.4) is 0 Å².